The Kier molecular flexibility index (Phi) is 6.15. The van der Waals surface area contributed by atoms with Crippen LogP contribution in [0.1, 0.15) is 0 Å². The lowest BCUT2D eigenvalue weighted by molar-refractivity contribution is -0.119. The van der Waals surface area contributed by atoms with E-state index in [1.54, 1.807) is 40.4 Å². The van der Waals surface area contributed by atoms with Crippen molar-refractivity contribution in [2.24, 2.45) is 4.99 Å². The van der Waals surface area contributed by atoms with Gasteiger partial charge < -0.3 is 25.4 Å². The predicted molar refractivity (Wildman–Crippen MR) is 78.6 cm³/mol. The fraction of sp³-hybridized carbons (Fsp3) is 0.385. The van der Waals surface area contributed by atoms with E-state index in [1.165, 1.54) is 0 Å². The molecule has 1 aromatic carbocycles. The summed E-state index contributed by atoms with van der Waals surface area (Å²) in [4.78, 5) is 15.2. The van der Waals surface area contributed by atoms with Crippen LogP contribution in [-0.4, -0.2) is 46.7 Å². The van der Waals surface area contributed by atoms with Crippen LogP contribution in [0.5, 0.6) is 11.5 Å². The number of likely N-dealkylation sites (N-methyl/N-ethyl adjacent to an activating group) is 1. The van der Waals surface area contributed by atoms with E-state index in [1.807, 2.05) is 6.07 Å². The molecule has 0 aromatic heterocycles. The van der Waals surface area contributed by atoms with Gasteiger partial charge in [0.25, 0.3) is 0 Å². The molecule has 0 aliphatic rings. The van der Waals surface area contributed by atoms with Crippen LogP contribution >= 0.6 is 0 Å². The molecule has 1 rings (SSSR count). The Hall–Kier alpha value is -2.44. The van der Waals surface area contributed by atoms with Crippen LogP contribution in [0, 0.1) is 0 Å². The number of rotatable bonds is 5. The zero-order chi connectivity index (χ0) is 15.0. The van der Waals surface area contributed by atoms with Gasteiger partial charge in [0.05, 0.1) is 20.8 Å². The van der Waals surface area contributed by atoms with Gasteiger partial charge in [-0.25, -0.2) is 0 Å². The minimum absolute atomic E-state index is 0.125. The van der Waals surface area contributed by atoms with Crippen LogP contribution < -0.4 is 25.4 Å². The molecule has 7 heteroatoms. The van der Waals surface area contributed by atoms with Gasteiger partial charge in [0, 0.05) is 25.8 Å². The van der Waals surface area contributed by atoms with Crippen molar-refractivity contribution in [1.82, 2.24) is 10.6 Å². The van der Waals surface area contributed by atoms with Crippen molar-refractivity contribution in [2.45, 2.75) is 0 Å². The Morgan fingerprint density at radius 2 is 1.95 bits per heavy atom. The highest BCUT2D eigenvalue weighted by Crippen LogP contribution is 2.29. The fourth-order valence-corrected chi connectivity index (χ4v) is 1.48. The molecule has 0 saturated carbocycles. The molecule has 0 spiro atoms. The highest BCUT2D eigenvalue weighted by molar-refractivity contribution is 5.96. The number of amides is 1. The number of benzene rings is 1. The Morgan fingerprint density at radius 3 is 2.50 bits per heavy atom. The molecule has 0 aliphatic carbocycles. The van der Waals surface area contributed by atoms with Gasteiger partial charge in [-0.15, -0.1) is 0 Å². The molecule has 0 bridgehead atoms. The lowest BCUT2D eigenvalue weighted by Gasteiger charge is -2.13. The van der Waals surface area contributed by atoms with Gasteiger partial charge in [0.1, 0.15) is 0 Å². The molecule has 0 heterocycles. The van der Waals surface area contributed by atoms with Crippen molar-refractivity contribution in [2.75, 3.05) is 40.2 Å². The van der Waals surface area contributed by atoms with Gasteiger partial charge in [-0.2, -0.15) is 0 Å². The number of aliphatic imine (C=N–C) groups is 1. The summed E-state index contributed by atoms with van der Waals surface area (Å²) in [5.41, 5.74) is 0.771. The van der Waals surface area contributed by atoms with Gasteiger partial charge in [-0.05, 0) is 12.1 Å². The second-order valence-electron chi connectivity index (χ2n) is 3.79. The number of carbonyl (C=O) groups excluding carboxylic acids is 1. The lowest BCUT2D eigenvalue weighted by atomic mass is 10.3. The second-order valence-corrected chi connectivity index (χ2v) is 3.79. The zero-order valence-electron chi connectivity index (χ0n) is 12.1. The van der Waals surface area contributed by atoms with Crippen LogP contribution in [0.4, 0.5) is 5.69 Å². The highest BCUT2D eigenvalue weighted by Gasteiger charge is 2.06. The van der Waals surface area contributed by atoms with E-state index in [-0.39, 0.29) is 12.5 Å². The van der Waals surface area contributed by atoms with E-state index in [9.17, 15) is 4.79 Å². The lowest BCUT2D eigenvalue weighted by Crippen LogP contribution is -2.38. The number of nitrogens with zero attached hydrogens (tertiary/aromatic N) is 1. The maximum absolute atomic E-state index is 11.2. The summed E-state index contributed by atoms with van der Waals surface area (Å²) in [6.45, 7) is 0.142. The SMILES string of the molecule is CN=C(NCC(=O)NC)Nc1ccc(OC)c(OC)c1. The van der Waals surface area contributed by atoms with Crippen molar-refractivity contribution in [3.63, 3.8) is 0 Å². The van der Waals surface area contributed by atoms with Crippen LogP contribution in [-0.2, 0) is 4.79 Å². The third-order valence-electron chi connectivity index (χ3n) is 2.57. The van der Waals surface area contributed by atoms with Crippen molar-refractivity contribution in [3.05, 3.63) is 18.2 Å². The van der Waals surface area contributed by atoms with E-state index >= 15 is 0 Å². The molecule has 0 atom stereocenters. The summed E-state index contributed by atoms with van der Waals surface area (Å²) in [5.74, 6) is 1.62. The number of anilines is 1. The first-order valence-corrected chi connectivity index (χ1v) is 6.04. The van der Waals surface area contributed by atoms with Crippen LogP contribution in [0.15, 0.2) is 23.2 Å². The zero-order valence-corrected chi connectivity index (χ0v) is 12.1. The third-order valence-corrected chi connectivity index (χ3v) is 2.57. The molecule has 1 amide bonds. The largest absolute Gasteiger partial charge is 0.493 e. The molecule has 110 valence electrons. The van der Waals surface area contributed by atoms with Gasteiger partial charge in [-0.1, -0.05) is 0 Å². The second kappa shape index (κ2) is 7.88. The molecule has 0 saturated heterocycles. The minimum Gasteiger partial charge on any atom is -0.493 e. The summed E-state index contributed by atoms with van der Waals surface area (Å²) in [7, 11) is 6.35. The molecule has 3 N–H and O–H groups in total. The molecule has 0 radical (unpaired) electrons. The first kappa shape index (κ1) is 15.6. The number of guanidine groups is 1. The van der Waals surface area contributed by atoms with E-state index < -0.39 is 0 Å². The standard InChI is InChI=1S/C13H20N4O3/c1-14-12(18)8-16-13(15-2)17-9-5-6-10(19-3)11(7-9)20-4/h5-7H,8H2,1-4H3,(H,14,18)(H2,15,16,17). The van der Waals surface area contributed by atoms with Crippen LogP contribution in [0.2, 0.25) is 0 Å². The summed E-state index contributed by atoms with van der Waals surface area (Å²) in [6.07, 6.45) is 0. The van der Waals surface area contributed by atoms with Crippen molar-refractivity contribution in [1.29, 1.82) is 0 Å². The van der Waals surface area contributed by atoms with Gasteiger partial charge in [-0.3, -0.25) is 9.79 Å². The molecule has 0 unspecified atom stereocenters. The molecule has 1 aromatic rings. The number of methoxy groups -OCH3 is 2. The normalized spacial score (nSPS) is 10.7. The third kappa shape index (κ3) is 4.34. The van der Waals surface area contributed by atoms with E-state index in [2.05, 4.69) is 20.9 Å². The van der Waals surface area contributed by atoms with Crippen molar-refractivity contribution < 1.29 is 14.3 Å². The van der Waals surface area contributed by atoms with Gasteiger partial charge in [0.15, 0.2) is 17.5 Å². The quantitative estimate of drug-likeness (QED) is 0.538. The Bertz CT molecular complexity index is 489. The van der Waals surface area contributed by atoms with Crippen LogP contribution in [0.25, 0.3) is 0 Å². The van der Waals surface area contributed by atoms with Gasteiger partial charge >= 0.3 is 0 Å². The number of nitrogens with one attached hydrogen (secondary N) is 3. The highest BCUT2D eigenvalue weighted by atomic mass is 16.5. The van der Waals surface area contributed by atoms with Crippen LogP contribution in [0.3, 0.4) is 0 Å². The molecular formula is C13H20N4O3. The van der Waals surface area contributed by atoms with E-state index in [0.29, 0.717) is 17.5 Å². The van der Waals surface area contributed by atoms with E-state index in [0.717, 1.165) is 5.69 Å². The Morgan fingerprint density at radius 1 is 1.25 bits per heavy atom. The average Bonchev–Trinajstić information content (AvgIpc) is 2.50. The molecule has 20 heavy (non-hydrogen) atoms. The van der Waals surface area contributed by atoms with Crippen molar-refractivity contribution >= 4 is 17.6 Å². The Labute approximate surface area is 118 Å². The Balaban J connectivity index is 2.73. The van der Waals surface area contributed by atoms with Crippen molar-refractivity contribution in [3.8, 4) is 11.5 Å². The number of ether oxygens (including phenoxy) is 2. The predicted octanol–water partition coefficient (Wildman–Crippen LogP) is 0.437. The monoisotopic (exact) mass is 280 g/mol. The maximum Gasteiger partial charge on any atom is 0.239 e. The molecular weight excluding hydrogens is 260 g/mol. The van der Waals surface area contributed by atoms with Gasteiger partial charge in [0.2, 0.25) is 5.91 Å². The topological polar surface area (TPSA) is 84.0 Å². The smallest absolute Gasteiger partial charge is 0.239 e. The van der Waals surface area contributed by atoms with E-state index in [4.69, 9.17) is 9.47 Å². The summed E-state index contributed by atoms with van der Waals surface area (Å²) in [5, 5.41) is 8.47. The summed E-state index contributed by atoms with van der Waals surface area (Å²) >= 11 is 0. The number of carbonyl (C=O) groups is 1. The number of hydrogen-bond donors (Lipinski definition) is 3. The maximum atomic E-state index is 11.2. The fourth-order valence-electron chi connectivity index (χ4n) is 1.48. The summed E-state index contributed by atoms with van der Waals surface area (Å²) < 4.78 is 10.4. The summed E-state index contributed by atoms with van der Waals surface area (Å²) in [6, 6.07) is 5.40. The molecule has 7 nitrogen and oxygen atoms in total. The minimum atomic E-state index is -0.125. The molecule has 0 fully saturated rings. The molecule has 0 aliphatic heterocycles. The first-order valence-electron chi connectivity index (χ1n) is 6.04. The first-order chi connectivity index (χ1) is 9.64. The number of hydrogen-bond acceptors (Lipinski definition) is 4. The average molecular weight is 280 g/mol.